The van der Waals surface area contributed by atoms with Crippen molar-refractivity contribution in [1.82, 2.24) is 4.90 Å². The number of aliphatic hydroxyl groups is 1. The van der Waals surface area contributed by atoms with Crippen LogP contribution in [0.25, 0.3) is 0 Å². The van der Waals surface area contributed by atoms with Crippen molar-refractivity contribution in [3.05, 3.63) is 0 Å². The zero-order chi connectivity index (χ0) is 9.26. The normalized spacial score (nSPS) is 37.8. The van der Waals surface area contributed by atoms with E-state index in [4.69, 9.17) is 10.8 Å². The summed E-state index contributed by atoms with van der Waals surface area (Å²) in [7, 11) is 0. The minimum Gasteiger partial charge on any atom is -0.396 e. The molecule has 0 aromatic heterocycles. The number of hydrogen-bond acceptors (Lipinski definition) is 3. The van der Waals surface area contributed by atoms with Crippen molar-refractivity contribution in [2.75, 3.05) is 32.8 Å². The number of likely N-dealkylation sites (tertiary alicyclic amines) is 1. The molecule has 2 rings (SSSR count). The predicted molar refractivity (Wildman–Crippen MR) is 52.3 cm³/mol. The first-order chi connectivity index (χ1) is 6.36. The molecule has 1 aliphatic carbocycles. The van der Waals surface area contributed by atoms with Crippen molar-refractivity contribution in [2.24, 2.45) is 23.5 Å². The Morgan fingerprint density at radius 3 is 2.46 bits per heavy atom. The van der Waals surface area contributed by atoms with Crippen LogP contribution in [-0.2, 0) is 0 Å². The zero-order valence-corrected chi connectivity index (χ0v) is 8.15. The second-order valence-electron chi connectivity index (χ2n) is 4.43. The van der Waals surface area contributed by atoms with E-state index in [0.29, 0.717) is 12.5 Å². The quantitative estimate of drug-likeness (QED) is 0.586. The average molecular weight is 184 g/mol. The molecule has 13 heavy (non-hydrogen) atoms. The Morgan fingerprint density at radius 2 is 1.92 bits per heavy atom. The van der Waals surface area contributed by atoms with Crippen LogP contribution in [-0.4, -0.2) is 42.8 Å². The average Bonchev–Trinajstić information content (AvgIpc) is 2.61. The number of nitrogens with zero attached hydrogens (tertiary/aromatic N) is 1. The van der Waals surface area contributed by atoms with Gasteiger partial charge in [0.2, 0.25) is 0 Å². The molecule has 1 saturated heterocycles. The summed E-state index contributed by atoms with van der Waals surface area (Å²) in [5.41, 5.74) is 5.44. The van der Waals surface area contributed by atoms with Gasteiger partial charge in [-0.1, -0.05) is 0 Å². The third-order valence-electron chi connectivity index (χ3n) is 3.59. The molecule has 1 saturated carbocycles. The second-order valence-corrected chi connectivity index (χ2v) is 4.43. The SMILES string of the molecule is NCCCCN1CC2C(CO)C2C1. The highest BCUT2D eigenvalue weighted by Gasteiger charge is 2.54. The largest absolute Gasteiger partial charge is 0.396 e. The fraction of sp³-hybridized carbons (Fsp3) is 1.00. The minimum absolute atomic E-state index is 0.409. The van der Waals surface area contributed by atoms with Crippen LogP contribution in [0.2, 0.25) is 0 Å². The van der Waals surface area contributed by atoms with Crippen LogP contribution < -0.4 is 5.73 Å². The molecular weight excluding hydrogens is 164 g/mol. The maximum atomic E-state index is 8.98. The maximum absolute atomic E-state index is 8.98. The van der Waals surface area contributed by atoms with Crippen LogP contribution in [0.1, 0.15) is 12.8 Å². The lowest BCUT2D eigenvalue weighted by Crippen LogP contribution is -2.26. The molecule has 0 amide bonds. The van der Waals surface area contributed by atoms with Crippen molar-refractivity contribution in [3.63, 3.8) is 0 Å². The van der Waals surface area contributed by atoms with Gasteiger partial charge in [-0.2, -0.15) is 0 Å². The Morgan fingerprint density at radius 1 is 1.23 bits per heavy atom. The molecule has 1 aliphatic heterocycles. The summed E-state index contributed by atoms with van der Waals surface area (Å²) in [6.07, 6.45) is 2.38. The third kappa shape index (κ3) is 1.87. The molecule has 2 fully saturated rings. The number of hydrogen-bond donors (Lipinski definition) is 2. The summed E-state index contributed by atoms with van der Waals surface area (Å²) in [6, 6.07) is 0. The minimum atomic E-state index is 0.409. The molecule has 3 N–H and O–H groups in total. The van der Waals surface area contributed by atoms with Gasteiger partial charge in [-0.15, -0.1) is 0 Å². The van der Waals surface area contributed by atoms with E-state index in [0.717, 1.165) is 24.8 Å². The molecule has 1 heterocycles. The van der Waals surface area contributed by atoms with E-state index in [1.165, 1.54) is 26.1 Å². The Hall–Kier alpha value is -0.120. The van der Waals surface area contributed by atoms with Crippen LogP contribution in [0.4, 0.5) is 0 Å². The van der Waals surface area contributed by atoms with Gasteiger partial charge in [0.15, 0.2) is 0 Å². The first kappa shape index (κ1) is 9.44. The van der Waals surface area contributed by atoms with Gasteiger partial charge in [0.1, 0.15) is 0 Å². The Balaban J connectivity index is 1.61. The van der Waals surface area contributed by atoms with Crippen molar-refractivity contribution >= 4 is 0 Å². The molecule has 3 nitrogen and oxygen atoms in total. The summed E-state index contributed by atoms with van der Waals surface area (Å²) < 4.78 is 0. The number of piperidine rings is 1. The van der Waals surface area contributed by atoms with Gasteiger partial charge in [0.05, 0.1) is 0 Å². The molecule has 2 aliphatic rings. The number of nitrogens with two attached hydrogens (primary N) is 1. The van der Waals surface area contributed by atoms with Crippen LogP contribution >= 0.6 is 0 Å². The van der Waals surface area contributed by atoms with E-state index in [1.807, 2.05) is 0 Å². The predicted octanol–water partition coefficient (Wildman–Crippen LogP) is -0.105. The van der Waals surface area contributed by atoms with Gasteiger partial charge < -0.3 is 15.7 Å². The number of aliphatic hydroxyl groups excluding tert-OH is 1. The van der Waals surface area contributed by atoms with E-state index < -0.39 is 0 Å². The topological polar surface area (TPSA) is 49.5 Å². The van der Waals surface area contributed by atoms with E-state index >= 15 is 0 Å². The van der Waals surface area contributed by atoms with Crippen molar-refractivity contribution in [3.8, 4) is 0 Å². The Kier molecular flexibility index (Phi) is 2.86. The molecule has 0 aromatic carbocycles. The summed E-state index contributed by atoms with van der Waals surface area (Å²) in [4.78, 5) is 2.52. The zero-order valence-electron chi connectivity index (χ0n) is 8.15. The Bertz CT molecular complexity index is 162. The summed E-state index contributed by atoms with van der Waals surface area (Å²) in [6.45, 7) is 4.88. The number of fused-ring (bicyclic) bond motifs is 1. The van der Waals surface area contributed by atoms with E-state index in [1.54, 1.807) is 0 Å². The van der Waals surface area contributed by atoms with E-state index in [2.05, 4.69) is 4.90 Å². The first-order valence-corrected chi connectivity index (χ1v) is 5.40. The van der Waals surface area contributed by atoms with Gasteiger partial charge in [-0.3, -0.25) is 0 Å². The number of unbranched alkanes of at least 4 members (excludes halogenated alkanes) is 1. The summed E-state index contributed by atoms with van der Waals surface area (Å²) in [5, 5.41) is 8.98. The molecule has 3 heteroatoms. The molecule has 76 valence electrons. The van der Waals surface area contributed by atoms with Gasteiger partial charge in [0, 0.05) is 19.7 Å². The lowest BCUT2D eigenvalue weighted by Gasteiger charge is -2.18. The standard InChI is InChI=1S/C10H20N2O/c11-3-1-2-4-12-5-8-9(6-12)10(8)7-13/h8-10,13H,1-7,11H2. The monoisotopic (exact) mass is 184 g/mol. The van der Waals surface area contributed by atoms with E-state index in [9.17, 15) is 0 Å². The van der Waals surface area contributed by atoms with Crippen LogP contribution in [0.15, 0.2) is 0 Å². The van der Waals surface area contributed by atoms with Crippen molar-refractivity contribution in [2.45, 2.75) is 12.8 Å². The fourth-order valence-corrected chi connectivity index (χ4v) is 2.67. The van der Waals surface area contributed by atoms with Crippen LogP contribution in [0.3, 0.4) is 0 Å². The smallest absolute Gasteiger partial charge is 0.0465 e. The van der Waals surface area contributed by atoms with E-state index in [-0.39, 0.29) is 0 Å². The highest BCUT2D eigenvalue weighted by molar-refractivity contribution is 5.04. The summed E-state index contributed by atoms with van der Waals surface area (Å²) in [5.74, 6) is 2.29. The number of rotatable bonds is 5. The van der Waals surface area contributed by atoms with Crippen LogP contribution in [0.5, 0.6) is 0 Å². The molecular formula is C10H20N2O. The molecule has 0 spiro atoms. The molecule has 0 bridgehead atoms. The first-order valence-electron chi connectivity index (χ1n) is 5.40. The third-order valence-corrected chi connectivity index (χ3v) is 3.59. The lowest BCUT2D eigenvalue weighted by molar-refractivity contribution is 0.219. The van der Waals surface area contributed by atoms with Gasteiger partial charge >= 0.3 is 0 Å². The van der Waals surface area contributed by atoms with Gasteiger partial charge in [-0.05, 0) is 43.7 Å². The summed E-state index contributed by atoms with van der Waals surface area (Å²) >= 11 is 0. The Labute approximate surface area is 79.9 Å². The van der Waals surface area contributed by atoms with Crippen molar-refractivity contribution in [1.29, 1.82) is 0 Å². The molecule has 2 unspecified atom stereocenters. The molecule has 0 radical (unpaired) electrons. The van der Waals surface area contributed by atoms with Crippen molar-refractivity contribution < 1.29 is 5.11 Å². The molecule has 0 aromatic rings. The van der Waals surface area contributed by atoms with Gasteiger partial charge in [-0.25, -0.2) is 0 Å². The van der Waals surface area contributed by atoms with Gasteiger partial charge in [0.25, 0.3) is 0 Å². The van der Waals surface area contributed by atoms with Crippen LogP contribution in [0, 0.1) is 17.8 Å². The highest BCUT2D eigenvalue weighted by Crippen LogP contribution is 2.51. The lowest BCUT2D eigenvalue weighted by atomic mass is 10.2. The second kappa shape index (κ2) is 3.95. The fourth-order valence-electron chi connectivity index (χ4n) is 2.67. The molecule has 2 atom stereocenters. The highest BCUT2D eigenvalue weighted by atomic mass is 16.3. The maximum Gasteiger partial charge on any atom is 0.0465 e.